The maximum atomic E-state index is 5.59. The number of benzene rings is 2. The van der Waals surface area contributed by atoms with Crippen LogP contribution in [0.15, 0.2) is 42.5 Å². The molecule has 0 fully saturated rings. The molecule has 0 aromatic heterocycles. The van der Waals surface area contributed by atoms with Gasteiger partial charge in [-0.15, -0.1) is 0 Å². The van der Waals surface area contributed by atoms with Gasteiger partial charge in [0.1, 0.15) is 5.75 Å². The molecule has 1 N–H and O–H groups in total. The van der Waals surface area contributed by atoms with Crippen LogP contribution in [-0.2, 0) is 6.42 Å². The van der Waals surface area contributed by atoms with E-state index in [1.165, 1.54) is 22.3 Å². The molecule has 1 unspecified atom stereocenters. The third kappa shape index (κ3) is 3.11. The predicted octanol–water partition coefficient (Wildman–Crippen LogP) is 4.35. The summed E-state index contributed by atoms with van der Waals surface area (Å²) < 4.78 is 5.59. The molecule has 0 bridgehead atoms. The van der Waals surface area contributed by atoms with E-state index < -0.39 is 0 Å². The summed E-state index contributed by atoms with van der Waals surface area (Å²) in [6, 6.07) is 15.8. The molecule has 2 heteroatoms. The molecule has 2 nitrogen and oxygen atoms in total. The van der Waals surface area contributed by atoms with Gasteiger partial charge in [-0.05, 0) is 60.3 Å². The summed E-state index contributed by atoms with van der Waals surface area (Å²) in [7, 11) is 0. The van der Waals surface area contributed by atoms with Gasteiger partial charge in [-0.1, -0.05) is 31.2 Å². The first kappa shape index (κ1) is 14.2. The third-order valence-electron chi connectivity index (χ3n) is 4.11. The number of fused-ring (bicyclic) bond motifs is 1. The fraction of sp³-hybridized carbons (Fsp3) is 0.368. The zero-order chi connectivity index (χ0) is 14.7. The fourth-order valence-corrected chi connectivity index (χ4v) is 2.83. The predicted molar refractivity (Wildman–Crippen MR) is 87.8 cm³/mol. The first-order valence-electron chi connectivity index (χ1n) is 7.87. The zero-order valence-corrected chi connectivity index (χ0v) is 12.9. The van der Waals surface area contributed by atoms with E-state index in [1.54, 1.807) is 0 Å². The smallest absolute Gasteiger partial charge is 0.122 e. The summed E-state index contributed by atoms with van der Waals surface area (Å²) in [5.74, 6) is 1.05. The second-order valence-electron chi connectivity index (χ2n) is 5.72. The van der Waals surface area contributed by atoms with E-state index >= 15 is 0 Å². The molecule has 2 aromatic carbocycles. The van der Waals surface area contributed by atoms with Gasteiger partial charge in [-0.3, -0.25) is 0 Å². The van der Waals surface area contributed by atoms with Gasteiger partial charge >= 0.3 is 0 Å². The van der Waals surface area contributed by atoms with Crippen molar-refractivity contribution in [3.8, 4) is 16.9 Å². The maximum absolute atomic E-state index is 5.59. The number of hydrogen-bond donors (Lipinski definition) is 1. The van der Waals surface area contributed by atoms with Gasteiger partial charge in [0.25, 0.3) is 0 Å². The van der Waals surface area contributed by atoms with Crippen LogP contribution in [0.4, 0.5) is 0 Å². The first-order valence-corrected chi connectivity index (χ1v) is 7.87. The molecular formula is C19H23NO. The van der Waals surface area contributed by atoms with Crippen molar-refractivity contribution in [3.63, 3.8) is 0 Å². The van der Waals surface area contributed by atoms with E-state index in [0.29, 0.717) is 6.04 Å². The largest absolute Gasteiger partial charge is 0.493 e. The van der Waals surface area contributed by atoms with Crippen LogP contribution in [0.3, 0.4) is 0 Å². The van der Waals surface area contributed by atoms with Gasteiger partial charge in [-0.25, -0.2) is 0 Å². The van der Waals surface area contributed by atoms with Gasteiger partial charge in [0, 0.05) is 12.5 Å². The lowest BCUT2D eigenvalue weighted by Gasteiger charge is -2.15. The van der Waals surface area contributed by atoms with Crippen LogP contribution in [0.2, 0.25) is 0 Å². The third-order valence-corrected chi connectivity index (χ3v) is 4.11. The normalized spacial score (nSPS) is 14.6. The highest BCUT2D eigenvalue weighted by molar-refractivity contribution is 5.67. The molecule has 1 aliphatic rings. The summed E-state index contributed by atoms with van der Waals surface area (Å²) >= 11 is 0. The molecule has 0 aliphatic carbocycles. The van der Waals surface area contributed by atoms with Gasteiger partial charge < -0.3 is 10.1 Å². The highest BCUT2D eigenvalue weighted by atomic mass is 16.5. The first-order chi connectivity index (χ1) is 10.3. The topological polar surface area (TPSA) is 21.3 Å². The Labute approximate surface area is 127 Å². The van der Waals surface area contributed by atoms with E-state index in [4.69, 9.17) is 4.74 Å². The molecule has 0 saturated heterocycles. The SMILES string of the molecule is CCCNC(C)c1cccc(-c2ccc3c(c2)CCO3)c1. The van der Waals surface area contributed by atoms with Gasteiger partial charge in [-0.2, -0.15) is 0 Å². The van der Waals surface area contributed by atoms with Crippen molar-refractivity contribution in [2.24, 2.45) is 0 Å². The molecule has 2 aromatic rings. The van der Waals surface area contributed by atoms with E-state index in [9.17, 15) is 0 Å². The summed E-state index contributed by atoms with van der Waals surface area (Å²) in [5.41, 5.74) is 5.24. The zero-order valence-electron chi connectivity index (χ0n) is 12.9. The molecule has 21 heavy (non-hydrogen) atoms. The molecule has 3 rings (SSSR count). The van der Waals surface area contributed by atoms with Crippen molar-refractivity contribution in [1.82, 2.24) is 5.32 Å². The van der Waals surface area contributed by atoms with E-state index in [1.807, 2.05) is 0 Å². The van der Waals surface area contributed by atoms with Crippen molar-refractivity contribution in [2.45, 2.75) is 32.7 Å². The lowest BCUT2D eigenvalue weighted by atomic mass is 9.98. The Morgan fingerprint density at radius 1 is 1.14 bits per heavy atom. The highest BCUT2D eigenvalue weighted by Gasteiger charge is 2.13. The minimum atomic E-state index is 0.391. The molecule has 1 atom stereocenters. The second-order valence-corrected chi connectivity index (χ2v) is 5.72. The van der Waals surface area contributed by atoms with Gasteiger partial charge in [0.2, 0.25) is 0 Å². The van der Waals surface area contributed by atoms with Crippen molar-refractivity contribution in [1.29, 1.82) is 0 Å². The van der Waals surface area contributed by atoms with Crippen LogP contribution in [0.1, 0.15) is 37.4 Å². The Hall–Kier alpha value is -1.80. The Balaban J connectivity index is 1.85. The second kappa shape index (κ2) is 6.31. The highest BCUT2D eigenvalue weighted by Crippen LogP contribution is 2.31. The van der Waals surface area contributed by atoms with Crippen LogP contribution >= 0.6 is 0 Å². The van der Waals surface area contributed by atoms with Crippen molar-refractivity contribution in [2.75, 3.05) is 13.2 Å². The van der Waals surface area contributed by atoms with Crippen molar-refractivity contribution >= 4 is 0 Å². The number of nitrogens with one attached hydrogen (secondary N) is 1. The Bertz CT molecular complexity index is 621. The lowest BCUT2D eigenvalue weighted by Crippen LogP contribution is -2.19. The standard InChI is InChI=1S/C19H23NO/c1-3-10-20-14(2)15-5-4-6-16(12-15)17-7-8-19-18(13-17)9-11-21-19/h4-8,12-14,20H,3,9-11H2,1-2H3. The average molecular weight is 281 g/mol. The molecule has 0 amide bonds. The summed E-state index contributed by atoms with van der Waals surface area (Å²) in [4.78, 5) is 0. The summed E-state index contributed by atoms with van der Waals surface area (Å²) in [6.45, 7) is 6.30. The molecule has 0 radical (unpaired) electrons. The van der Waals surface area contributed by atoms with Gasteiger partial charge in [0.15, 0.2) is 0 Å². The van der Waals surface area contributed by atoms with Gasteiger partial charge in [0.05, 0.1) is 6.61 Å². The maximum Gasteiger partial charge on any atom is 0.122 e. The quantitative estimate of drug-likeness (QED) is 0.879. The summed E-state index contributed by atoms with van der Waals surface area (Å²) in [5, 5.41) is 3.55. The Kier molecular flexibility index (Phi) is 4.26. The number of hydrogen-bond acceptors (Lipinski definition) is 2. The number of ether oxygens (including phenoxy) is 1. The monoisotopic (exact) mass is 281 g/mol. The van der Waals surface area contributed by atoms with Crippen LogP contribution < -0.4 is 10.1 Å². The van der Waals surface area contributed by atoms with Crippen LogP contribution in [0.25, 0.3) is 11.1 Å². The molecule has 1 aliphatic heterocycles. The summed E-state index contributed by atoms with van der Waals surface area (Å²) in [6.07, 6.45) is 2.19. The van der Waals surface area contributed by atoms with Crippen molar-refractivity contribution < 1.29 is 4.74 Å². The van der Waals surface area contributed by atoms with Crippen molar-refractivity contribution in [3.05, 3.63) is 53.6 Å². The van der Waals surface area contributed by atoms with Crippen LogP contribution in [0.5, 0.6) is 5.75 Å². The minimum Gasteiger partial charge on any atom is -0.493 e. The number of rotatable bonds is 5. The van der Waals surface area contributed by atoms with Crippen LogP contribution in [-0.4, -0.2) is 13.2 Å². The van der Waals surface area contributed by atoms with E-state index in [-0.39, 0.29) is 0 Å². The molecule has 0 saturated carbocycles. The fourth-order valence-electron chi connectivity index (χ4n) is 2.83. The molecular weight excluding hydrogens is 258 g/mol. The average Bonchev–Trinajstić information content (AvgIpc) is 3.00. The van der Waals surface area contributed by atoms with E-state index in [0.717, 1.165) is 31.7 Å². The molecule has 1 heterocycles. The van der Waals surface area contributed by atoms with E-state index in [2.05, 4.69) is 61.6 Å². The Morgan fingerprint density at radius 2 is 2.00 bits per heavy atom. The van der Waals surface area contributed by atoms with Crippen LogP contribution in [0, 0.1) is 0 Å². The lowest BCUT2D eigenvalue weighted by molar-refractivity contribution is 0.357. The molecule has 0 spiro atoms. The Morgan fingerprint density at radius 3 is 2.86 bits per heavy atom. The molecule has 110 valence electrons. The minimum absolute atomic E-state index is 0.391.